The first-order valence-corrected chi connectivity index (χ1v) is 5.84. The Labute approximate surface area is 102 Å². The number of amides is 2. The number of piperazine rings is 1. The van der Waals surface area contributed by atoms with Crippen LogP contribution in [-0.4, -0.2) is 48.1 Å². The lowest BCUT2D eigenvalue weighted by Crippen LogP contribution is -2.63. The van der Waals surface area contributed by atoms with Gasteiger partial charge in [0.2, 0.25) is 11.8 Å². The van der Waals surface area contributed by atoms with Crippen molar-refractivity contribution in [3.8, 4) is 0 Å². The molecule has 0 atom stereocenters. The fourth-order valence-corrected chi connectivity index (χ4v) is 1.87. The van der Waals surface area contributed by atoms with E-state index in [9.17, 15) is 9.59 Å². The minimum Gasteiger partial charge on any atom is -0.378 e. The van der Waals surface area contributed by atoms with Gasteiger partial charge in [-0.2, -0.15) is 0 Å². The van der Waals surface area contributed by atoms with Crippen LogP contribution in [0, 0.1) is 0 Å². The second-order valence-electron chi connectivity index (χ2n) is 5.50. The monoisotopic (exact) mass is 242 g/mol. The van der Waals surface area contributed by atoms with Crippen molar-refractivity contribution >= 4 is 11.8 Å². The van der Waals surface area contributed by atoms with E-state index in [0.717, 1.165) is 0 Å². The molecule has 1 N–H and O–H groups in total. The molecule has 0 spiro atoms. The van der Waals surface area contributed by atoms with Crippen LogP contribution in [0.4, 0.5) is 0 Å². The lowest BCUT2D eigenvalue weighted by atomic mass is 9.96. The average molecular weight is 242 g/mol. The Hall–Kier alpha value is -1.10. The maximum Gasteiger partial charge on any atom is 0.245 e. The Kier molecular flexibility index (Phi) is 3.81. The van der Waals surface area contributed by atoms with E-state index in [4.69, 9.17) is 4.74 Å². The molecule has 0 bridgehead atoms. The summed E-state index contributed by atoms with van der Waals surface area (Å²) in [6.07, 6.45) is 0.278. The third kappa shape index (κ3) is 2.97. The standard InChI is InChI=1S/C12H22N2O3/c1-11(2,17-5)8-9(15)14-7-6-13-10(16)12(14,3)4/h6-8H2,1-5H3,(H,13,16). The van der Waals surface area contributed by atoms with Crippen molar-refractivity contribution in [1.29, 1.82) is 0 Å². The van der Waals surface area contributed by atoms with Crippen LogP contribution in [0.3, 0.4) is 0 Å². The average Bonchev–Trinajstić information content (AvgIpc) is 2.21. The van der Waals surface area contributed by atoms with Gasteiger partial charge in [0, 0.05) is 20.2 Å². The van der Waals surface area contributed by atoms with E-state index in [1.807, 2.05) is 13.8 Å². The van der Waals surface area contributed by atoms with Crippen LogP contribution in [0.15, 0.2) is 0 Å². The SMILES string of the molecule is COC(C)(C)CC(=O)N1CCNC(=O)C1(C)C. The van der Waals surface area contributed by atoms with E-state index < -0.39 is 11.1 Å². The van der Waals surface area contributed by atoms with Crippen LogP contribution in [0.5, 0.6) is 0 Å². The maximum atomic E-state index is 12.2. The highest BCUT2D eigenvalue weighted by Crippen LogP contribution is 2.22. The van der Waals surface area contributed by atoms with Gasteiger partial charge in [-0.1, -0.05) is 0 Å². The lowest BCUT2D eigenvalue weighted by Gasteiger charge is -2.42. The highest BCUT2D eigenvalue weighted by atomic mass is 16.5. The third-order valence-electron chi connectivity index (χ3n) is 3.28. The molecule has 1 aliphatic rings. The molecule has 2 amide bonds. The van der Waals surface area contributed by atoms with E-state index in [1.165, 1.54) is 0 Å². The lowest BCUT2D eigenvalue weighted by molar-refractivity contribution is -0.152. The molecule has 0 unspecified atom stereocenters. The van der Waals surface area contributed by atoms with Crippen LogP contribution >= 0.6 is 0 Å². The zero-order chi connectivity index (χ0) is 13.3. The van der Waals surface area contributed by atoms with Crippen LogP contribution in [-0.2, 0) is 14.3 Å². The fraction of sp³-hybridized carbons (Fsp3) is 0.833. The largest absolute Gasteiger partial charge is 0.378 e. The van der Waals surface area contributed by atoms with Gasteiger partial charge in [0.15, 0.2) is 0 Å². The number of hydrogen-bond donors (Lipinski definition) is 1. The van der Waals surface area contributed by atoms with E-state index in [2.05, 4.69) is 5.32 Å². The van der Waals surface area contributed by atoms with Gasteiger partial charge < -0.3 is 15.0 Å². The molecule has 1 saturated heterocycles. The molecule has 5 heteroatoms. The van der Waals surface area contributed by atoms with E-state index in [-0.39, 0.29) is 18.2 Å². The molecule has 0 aromatic heterocycles. The number of hydrogen-bond acceptors (Lipinski definition) is 3. The van der Waals surface area contributed by atoms with Crippen LogP contribution in [0.2, 0.25) is 0 Å². The number of rotatable bonds is 3. The normalized spacial score (nSPS) is 20.1. The van der Waals surface area contributed by atoms with Crippen molar-refractivity contribution in [1.82, 2.24) is 10.2 Å². The minimum absolute atomic E-state index is 0.0447. The highest BCUT2D eigenvalue weighted by Gasteiger charge is 2.41. The number of nitrogens with one attached hydrogen (secondary N) is 1. The summed E-state index contributed by atoms with van der Waals surface area (Å²) in [5, 5.41) is 2.77. The summed E-state index contributed by atoms with van der Waals surface area (Å²) in [5.41, 5.74) is -1.28. The molecular formula is C12H22N2O3. The molecule has 0 radical (unpaired) electrons. The Morgan fingerprint density at radius 3 is 2.65 bits per heavy atom. The van der Waals surface area contributed by atoms with Crippen molar-refractivity contribution < 1.29 is 14.3 Å². The summed E-state index contributed by atoms with van der Waals surface area (Å²) >= 11 is 0. The molecule has 17 heavy (non-hydrogen) atoms. The van der Waals surface area contributed by atoms with Crippen molar-refractivity contribution in [3.05, 3.63) is 0 Å². The zero-order valence-electron chi connectivity index (χ0n) is 11.3. The predicted octanol–water partition coefficient (Wildman–Crippen LogP) is 0.539. The highest BCUT2D eigenvalue weighted by molar-refractivity contribution is 5.92. The zero-order valence-corrected chi connectivity index (χ0v) is 11.3. The summed E-state index contributed by atoms with van der Waals surface area (Å²) in [7, 11) is 1.58. The predicted molar refractivity (Wildman–Crippen MR) is 64.5 cm³/mol. The molecular weight excluding hydrogens is 220 g/mol. The number of carbonyl (C=O) groups is 2. The second kappa shape index (κ2) is 4.64. The minimum atomic E-state index is -0.779. The molecule has 0 aromatic carbocycles. The molecule has 98 valence electrons. The van der Waals surface area contributed by atoms with Gasteiger partial charge in [0.1, 0.15) is 5.54 Å². The van der Waals surface area contributed by atoms with Gasteiger partial charge in [-0.25, -0.2) is 0 Å². The molecule has 5 nitrogen and oxygen atoms in total. The molecule has 0 aliphatic carbocycles. The van der Waals surface area contributed by atoms with Gasteiger partial charge in [-0.05, 0) is 27.7 Å². The Bertz CT molecular complexity index is 324. The first-order chi connectivity index (χ1) is 7.70. The van der Waals surface area contributed by atoms with Gasteiger partial charge in [0.05, 0.1) is 12.0 Å². The Morgan fingerprint density at radius 1 is 1.53 bits per heavy atom. The quantitative estimate of drug-likeness (QED) is 0.785. The fourth-order valence-electron chi connectivity index (χ4n) is 1.87. The third-order valence-corrected chi connectivity index (χ3v) is 3.28. The summed E-state index contributed by atoms with van der Waals surface area (Å²) in [4.78, 5) is 25.6. The van der Waals surface area contributed by atoms with Crippen LogP contribution < -0.4 is 5.32 Å². The molecule has 0 aromatic rings. The van der Waals surface area contributed by atoms with Gasteiger partial charge >= 0.3 is 0 Å². The number of nitrogens with zero attached hydrogens (tertiary/aromatic N) is 1. The van der Waals surface area contributed by atoms with Crippen molar-refractivity contribution in [3.63, 3.8) is 0 Å². The summed E-state index contributed by atoms with van der Waals surface area (Å²) in [6, 6.07) is 0. The van der Waals surface area contributed by atoms with E-state index >= 15 is 0 Å². The molecule has 1 heterocycles. The molecule has 1 aliphatic heterocycles. The maximum absolute atomic E-state index is 12.2. The second-order valence-corrected chi connectivity index (χ2v) is 5.50. The summed E-state index contributed by atoms with van der Waals surface area (Å²) in [6.45, 7) is 8.32. The smallest absolute Gasteiger partial charge is 0.245 e. The molecule has 0 saturated carbocycles. The topological polar surface area (TPSA) is 58.6 Å². The number of methoxy groups -OCH3 is 1. The first-order valence-electron chi connectivity index (χ1n) is 5.84. The number of carbonyl (C=O) groups excluding carboxylic acids is 2. The summed E-state index contributed by atoms with van der Waals surface area (Å²) in [5.74, 6) is -0.149. The number of ether oxygens (including phenoxy) is 1. The Morgan fingerprint density at radius 2 is 2.12 bits per heavy atom. The molecule has 1 fully saturated rings. The Balaban J connectivity index is 2.78. The van der Waals surface area contributed by atoms with Crippen molar-refractivity contribution in [2.24, 2.45) is 0 Å². The van der Waals surface area contributed by atoms with Crippen LogP contribution in [0.1, 0.15) is 34.1 Å². The van der Waals surface area contributed by atoms with E-state index in [1.54, 1.807) is 25.9 Å². The van der Waals surface area contributed by atoms with Crippen molar-refractivity contribution in [2.45, 2.75) is 45.3 Å². The summed E-state index contributed by atoms with van der Waals surface area (Å²) < 4.78 is 5.25. The molecule has 1 rings (SSSR count). The van der Waals surface area contributed by atoms with Gasteiger partial charge in [0.25, 0.3) is 0 Å². The van der Waals surface area contributed by atoms with E-state index in [0.29, 0.717) is 13.1 Å². The van der Waals surface area contributed by atoms with Gasteiger partial charge in [-0.15, -0.1) is 0 Å². The van der Waals surface area contributed by atoms with Crippen LogP contribution in [0.25, 0.3) is 0 Å². The van der Waals surface area contributed by atoms with Gasteiger partial charge in [-0.3, -0.25) is 9.59 Å². The van der Waals surface area contributed by atoms with Crippen molar-refractivity contribution in [2.75, 3.05) is 20.2 Å². The first kappa shape index (κ1) is 14.0.